The second-order valence-corrected chi connectivity index (χ2v) is 6.21. The molecule has 0 amide bonds. The summed E-state index contributed by atoms with van der Waals surface area (Å²) < 4.78 is 0. The average Bonchev–Trinajstić information content (AvgIpc) is 2.86. The van der Waals surface area contributed by atoms with Crippen LogP contribution in [0.25, 0.3) is 0 Å². The third kappa shape index (κ3) is 3.40. The Hall–Kier alpha value is -0.240. The zero-order chi connectivity index (χ0) is 13.1. The molecule has 0 bridgehead atoms. The highest BCUT2D eigenvalue weighted by Gasteiger charge is 2.22. The third-order valence-corrected chi connectivity index (χ3v) is 4.80. The Balaban J connectivity index is 1.97. The van der Waals surface area contributed by atoms with Gasteiger partial charge in [0, 0.05) is 12.1 Å². The van der Waals surface area contributed by atoms with Gasteiger partial charge in [-0.1, -0.05) is 42.1 Å². The van der Waals surface area contributed by atoms with Crippen molar-refractivity contribution in [2.24, 2.45) is 5.92 Å². The summed E-state index contributed by atoms with van der Waals surface area (Å²) in [6.45, 7) is 4.48. The molecule has 2 atom stereocenters. The van der Waals surface area contributed by atoms with Crippen LogP contribution in [-0.2, 0) is 0 Å². The number of nitrogens with one attached hydrogen (secondary N) is 1. The van der Waals surface area contributed by atoms with Gasteiger partial charge in [0.05, 0.1) is 10.0 Å². The van der Waals surface area contributed by atoms with E-state index in [1.54, 1.807) is 0 Å². The normalized spacial score (nSPS) is 20.0. The maximum absolute atomic E-state index is 6.06. The molecule has 0 aromatic heterocycles. The first-order valence-corrected chi connectivity index (χ1v) is 7.54. The van der Waals surface area contributed by atoms with Crippen molar-refractivity contribution >= 4 is 23.2 Å². The smallest absolute Gasteiger partial charge is 0.0595 e. The summed E-state index contributed by atoms with van der Waals surface area (Å²) in [4.78, 5) is 0. The Morgan fingerprint density at radius 2 is 1.78 bits per heavy atom. The van der Waals surface area contributed by atoms with Crippen molar-refractivity contribution in [3.05, 3.63) is 33.8 Å². The molecule has 100 valence electrons. The first-order valence-electron chi connectivity index (χ1n) is 6.79. The van der Waals surface area contributed by atoms with Gasteiger partial charge in [0.25, 0.3) is 0 Å². The van der Waals surface area contributed by atoms with E-state index >= 15 is 0 Å². The molecule has 18 heavy (non-hydrogen) atoms. The van der Waals surface area contributed by atoms with Crippen LogP contribution in [0.2, 0.25) is 10.0 Å². The molecule has 2 unspecified atom stereocenters. The zero-order valence-electron chi connectivity index (χ0n) is 11.0. The van der Waals surface area contributed by atoms with Gasteiger partial charge in [0.15, 0.2) is 0 Å². The first-order chi connectivity index (χ1) is 8.58. The Bertz CT molecular complexity index is 399. The molecular weight excluding hydrogens is 265 g/mol. The topological polar surface area (TPSA) is 12.0 Å². The standard InChI is InChI=1S/C15H21Cl2N/c1-10(12-5-3-4-6-12)18-11(2)13-7-8-14(16)15(17)9-13/h7-12,18H,3-6H2,1-2H3. The summed E-state index contributed by atoms with van der Waals surface area (Å²) in [6.07, 6.45) is 5.50. The minimum atomic E-state index is 0.315. The molecule has 1 nitrogen and oxygen atoms in total. The van der Waals surface area contributed by atoms with Gasteiger partial charge in [-0.15, -0.1) is 0 Å². The van der Waals surface area contributed by atoms with Crippen molar-refractivity contribution in [2.75, 3.05) is 0 Å². The third-order valence-electron chi connectivity index (χ3n) is 4.06. The Morgan fingerprint density at radius 3 is 2.39 bits per heavy atom. The lowest BCUT2D eigenvalue weighted by Crippen LogP contribution is -2.34. The van der Waals surface area contributed by atoms with Gasteiger partial charge in [-0.3, -0.25) is 0 Å². The molecule has 1 saturated carbocycles. The van der Waals surface area contributed by atoms with E-state index in [0.29, 0.717) is 22.1 Å². The molecule has 0 saturated heterocycles. The molecule has 1 aliphatic carbocycles. The van der Waals surface area contributed by atoms with Gasteiger partial charge in [0.2, 0.25) is 0 Å². The van der Waals surface area contributed by atoms with Crippen LogP contribution in [0, 0.1) is 5.92 Å². The van der Waals surface area contributed by atoms with Crippen LogP contribution >= 0.6 is 23.2 Å². The summed E-state index contributed by atoms with van der Waals surface area (Å²) in [5, 5.41) is 4.94. The molecule has 0 aliphatic heterocycles. The van der Waals surface area contributed by atoms with Gasteiger partial charge in [-0.2, -0.15) is 0 Å². The summed E-state index contributed by atoms with van der Waals surface area (Å²) in [5.74, 6) is 0.829. The largest absolute Gasteiger partial charge is 0.307 e. The predicted molar refractivity (Wildman–Crippen MR) is 79.4 cm³/mol. The number of hydrogen-bond donors (Lipinski definition) is 1. The Morgan fingerprint density at radius 1 is 1.11 bits per heavy atom. The van der Waals surface area contributed by atoms with Crippen molar-refractivity contribution < 1.29 is 0 Å². The van der Waals surface area contributed by atoms with Crippen molar-refractivity contribution in [3.8, 4) is 0 Å². The van der Waals surface area contributed by atoms with Crippen LogP contribution in [-0.4, -0.2) is 6.04 Å². The summed E-state index contributed by atoms with van der Waals surface area (Å²) in [7, 11) is 0. The van der Waals surface area contributed by atoms with Crippen molar-refractivity contribution in [1.82, 2.24) is 5.32 Å². The molecule has 0 heterocycles. The van der Waals surface area contributed by atoms with E-state index in [9.17, 15) is 0 Å². The van der Waals surface area contributed by atoms with E-state index in [0.717, 1.165) is 5.92 Å². The second-order valence-electron chi connectivity index (χ2n) is 5.40. The lowest BCUT2D eigenvalue weighted by atomic mass is 9.98. The molecule has 1 fully saturated rings. The maximum Gasteiger partial charge on any atom is 0.0595 e. The van der Waals surface area contributed by atoms with Crippen molar-refractivity contribution in [3.63, 3.8) is 0 Å². The minimum Gasteiger partial charge on any atom is -0.307 e. The predicted octanol–water partition coefficient (Wildman–Crippen LogP) is 5.22. The lowest BCUT2D eigenvalue weighted by Gasteiger charge is -2.25. The molecule has 1 aromatic rings. The van der Waals surface area contributed by atoms with Crippen LogP contribution in [0.15, 0.2) is 18.2 Å². The molecule has 3 heteroatoms. The molecule has 2 rings (SSSR count). The average molecular weight is 286 g/mol. The van der Waals surface area contributed by atoms with Gasteiger partial charge in [-0.05, 0) is 50.3 Å². The van der Waals surface area contributed by atoms with E-state index < -0.39 is 0 Å². The monoisotopic (exact) mass is 285 g/mol. The van der Waals surface area contributed by atoms with Crippen molar-refractivity contribution in [2.45, 2.75) is 51.6 Å². The molecule has 0 spiro atoms. The first kappa shape index (κ1) is 14.2. The Kier molecular flexibility index (Phi) is 4.94. The fourth-order valence-corrected chi connectivity index (χ4v) is 3.17. The van der Waals surface area contributed by atoms with Gasteiger partial charge < -0.3 is 5.32 Å². The fraction of sp³-hybridized carbons (Fsp3) is 0.600. The van der Waals surface area contributed by atoms with E-state index in [4.69, 9.17) is 23.2 Å². The molecule has 1 aromatic carbocycles. The summed E-state index contributed by atoms with van der Waals surface area (Å²) in [5.41, 5.74) is 1.20. The van der Waals surface area contributed by atoms with Crippen LogP contribution in [0.1, 0.15) is 51.1 Å². The van der Waals surface area contributed by atoms with Gasteiger partial charge >= 0.3 is 0 Å². The highest BCUT2D eigenvalue weighted by molar-refractivity contribution is 6.42. The van der Waals surface area contributed by atoms with Gasteiger partial charge in [0.1, 0.15) is 0 Å². The van der Waals surface area contributed by atoms with Crippen LogP contribution in [0.5, 0.6) is 0 Å². The fourth-order valence-electron chi connectivity index (χ4n) is 2.87. The van der Waals surface area contributed by atoms with Crippen molar-refractivity contribution in [1.29, 1.82) is 0 Å². The number of hydrogen-bond acceptors (Lipinski definition) is 1. The van der Waals surface area contributed by atoms with Crippen LogP contribution < -0.4 is 5.32 Å². The summed E-state index contributed by atoms with van der Waals surface area (Å²) in [6, 6.07) is 6.76. The molecule has 1 aliphatic rings. The lowest BCUT2D eigenvalue weighted by molar-refractivity contribution is 0.352. The number of halogens is 2. The molecule has 1 N–H and O–H groups in total. The zero-order valence-corrected chi connectivity index (χ0v) is 12.6. The molecular formula is C15H21Cl2N. The highest BCUT2D eigenvalue weighted by Crippen LogP contribution is 2.30. The van der Waals surface area contributed by atoms with E-state index in [2.05, 4.69) is 19.2 Å². The SMILES string of the molecule is CC(NC(C)C1CCCC1)c1ccc(Cl)c(Cl)c1. The number of rotatable bonds is 4. The maximum atomic E-state index is 6.06. The van der Waals surface area contributed by atoms with Crippen LogP contribution in [0.4, 0.5) is 0 Å². The Labute approximate surface area is 120 Å². The molecule has 0 radical (unpaired) electrons. The quantitative estimate of drug-likeness (QED) is 0.799. The van der Waals surface area contributed by atoms with E-state index in [-0.39, 0.29) is 0 Å². The second kappa shape index (κ2) is 6.27. The summed E-state index contributed by atoms with van der Waals surface area (Å²) >= 11 is 12.0. The van der Waals surface area contributed by atoms with E-state index in [1.807, 2.05) is 18.2 Å². The van der Waals surface area contributed by atoms with E-state index in [1.165, 1.54) is 31.2 Å². The van der Waals surface area contributed by atoms with Gasteiger partial charge in [-0.25, -0.2) is 0 Å². The van der Waals surface area contributed by atoms with Crippen LogP contribution in [0.3, 0.4) is 0 Å². The number of benzene rings is 1. The minimum absolute atomic E-state index is 0.315. The highest BCUT2D eigenvalue weighted by atomic mass is 35.5.